The van der Waals surface area contributed by atoms with E-state index >= 15 is 0 Å². The predicted octanol–water partition coefficient (Wildman–Crippen LogP) is 4.75. The molecule has 3 rings (SSSR count). The van der Waals surface area contributed by atoms with E-state index in [1.807, 2.05) is 45.0 Å². The summed E-state index contributed by atoms with van der Waals surface area (Å²) in [5.41, 5.74) is -0.609. The first-order valence-electron chi connectivity index (χ1n) is 7.94. The molecule has 0 heterocycles. The third kappa shape index (κ3) is 2.54. The Kier molecular flexibility index (Phi) is 3.84. The van der Waals surface area contributed by atoms with Crippen LogP contribution in [0.2, 0.25) is 0 Å². The van der Waals surface area contributed by atoms with Crippen LogP contribution in [0.25, 0.3) is 21.5 Å². The molecule has 0 saturated carbocycles. The Morgan fingerprint density at radius 1 is 1.04 bits per heavy atom. The van der Waals surface area contributed by atoms with Gasteiger partial charge in [0.1, 0.15) is 5.75 Å². The predicted molar refractivity (Wildman–Crippen MR) is 94.5 cm³/mol. The van der Waals surface area contributed by atoms with Crippen LogP contribution in [0.1, 0.15) is 27.2 Å². The molecule has 4 nitrogen and oxygen atoms in total. The summed E-state index contributed by atoms with van der Waals surface area (Å²) in [7, 11) is 0. The fourth-order valence-electron chi connectivity index (χ4n) is 2.56. The minimum Gasteiger partial charge on any atom is -0.504 e. The van der Waals surface area contributed by atoms with Crippen molar-refractivity contribution in [3.63, 3.8) is 0 Å². The Bertz CT molecular complexity index is 941. The molecule has 0 saturated heterocycles. The minimum absolute atomic E-state index is 0.205. The fraction of sp³-hybridized carbons (Fsp3) is 0.250. The van der Waals surface area contributed by atoms with Crippen molar-refractivity contribution in [2.24, 2.45) is 5.41 Å². The normalized spacial score (nSPS) is 11.8. The zero-order valence-corrected chi connectivity index (χ0v) is 14.0. The van der Waals surface area contributed by atoms with E-state index in [1.54, 1.807) is 12.1 Å². The van der Waals surface area contributed by atoms with E-state index in [2.05, 4.69) is 0 Å². The van der Waals surface area contributed by atoms with Gasteiger partial charge in [0.25, 0.3) is 0 Å². The molecule has 0 unspecified atom stereocenters. The molecule has 0 aromatic heterocycles. The first kappa shape index (κ1) is 16.1. The lowest BCUT2D eigenvalue weighted by atomic mass is 9.90. The second-order valence-corrected chi connectivity index (χ2v) is 6.58. The number of hydrogen-bond donors (Lipinski definition) is 2. The van der Waals surface area contributed by atoms with Crippen LogP contribution in [0.4, 0.5) is 0 Å². The summed E-state index contributed by atoms with van der Waals surface area (Å²) < 4.78 is 5.76. The van der Waals surface area contributed by atoms with Crippen LogP contribution in [0.15, 0.2) is 42.5 Å². The number of ether oxygens (including phenoxy) is 1. The summed E-state index contributed by atoms with van der Waals surface area (Å²) in [5.74, 6) is -0.339. The van der Waals surface area contributed by atoms with Gasteiger partial charge < -0.3 is 14.9 Å². The maximum Gasteiger partial charge on any atom is 0.316 e. The highest BCUT2D eigenvalue weighted by atomic mass is 16.5. The van der Waals surface area contributed by atoms with Crippen molar-refractivity contribution in [1.29, 1.82) is 0 Å². The van der Waals surface area contributed by atoms with Crippen LogP contribution in [0.3, 0.4) is 0 Å². The second kappa shape index (κ2) is 5.71. The molecule has 3 aromatic carbocycles. The van der Waals surface area contributed by atoms with Crippen molar-refractivity contribution in [3.05, 3.63) is 42.5 Å². The molecular weight excluding hydrogens is 304 g/mol. The summed E-state index contributed by atoms with van der Waals surface area (Å²) in [6.45, 7) is 5.62. The first-order valence-corrected chi connectivity index (χ1v) is 7.94. The van der Waals surface area contributed by atoms with Crippen molar-refractivity contribution in [1.82, 2.24) is 0 Å². The molecule has 0 aliphatic heterocycles. The molecule has 0 aliphatic carbocycles. The summed E-state index contributed by atoms with van der Waals surface area (Å²) in [4.78, 5) is 12.6. The van der Waals surface area contributed by atoms with Crippen LogP contribution in [0, 0.1) is 5.41 Å². The Morgan fingerprint density at radius 3 is 2.46 bits per heavy atom. The minimum atomic E-state index is -0.609. The van der Waals surface area contributed by atoms with Crippen LogP contribution in [-0.2, 0) is 4.79 Å². The summed E-state index contributed by atoms with van der Waals surface area (Å²) in [6.07, 6.45) is 0.653. The smallest absolute Gasteiger partial charge is 0.316 e. The van der Waals surface area contributed by atoms with Gasteiger partial charge in [0, 0.05) is 16.2 Å². The lowest BCUT2D eigenvalue weighted by Crippen LogP contribution is -2.28. The molecule has 0 radical (unpaired) electrons. The monoisotopic (exact) mass is 324 g/mol. The topological polar surface area (TPSA) is 66.8 Å². The molecule has 4 heteroatoms. The van der Waals surface area contributed by atoms with Gasteiger partial charge in [-0.2, -0.15) is 0 Å². The molecule has 2 N–H and O–H groups in total. The van der Waals surface area contributed by atoms with Gasteiger partial charge in [-0.25, -0.2) is 0 Å². The highest BCUT2D eigenvalue weighted by Crippen LogP contribution is 2.42. The number of rotatable bonds is 3. The van der Waals surface area contributed by atoms with E-state index in [0.29, 0.717) is 22.9 Å². The van der Waals surface area contributed by atoms with Gasteiger partial charge in [0.15, 0.2) is 11.5 Å². The van der Waals surface area contributed by atoms with Crippen LogP contribution >= 0.6 is 0 Å². The number of aromatic hydroxyl groups is 2. The zero-order valence-electron chi connectivity index (χ0n) is 14.0. The van der Waals surface area contributed by atoms with Crippen molar-refractivity contribution in [3.8, 4) is 17.2 Å². The molecule has 0 bridgehead atoms. The highest BCUT2D eigenvalue weighted by molar-refractivity contribution is 6.09. The fourth-order valence-corrected chi connectivity index (χ4v) is 2.56. The molecular formula is C20H20O4. The van der Waals surface area contributed by atoms with Crippen LogP contribution in [-0.4, -0.2) is 16.2 Å². The lowest BCUT2D eigenvalue weighted by molar-refractivity contribution is -0.143. The van der Waals surface area contributed by atoms with Crippen molar-refractivity contribution in [2.75, 3.05) is 0 Å². The number of fused-ring (bicyclic) bond motifs is 2. The maximum atomic E-state index is 12.6. The highest BCUT2D eigenvalue weighted by Gasteiger charge is 2.29. The van der Waals surface area contributed by atoms with Gasteiger partial charge in [-0.3, -0.25) is 4.79 Å². The Morgan fingerprint density at radius 2 is 1.75 bits per heavy atom. The number of benzene rings is 3. The summed E-state index contributed by atoms with van der Waals surface area (Å²) in [5, 5.41) is 22.6. The van der Waals surface area contributed by atoms with Crippen molar-refractivity contribution < 1.29 is 19.7 Å². The van der Waals surface area contributed by atoms with Crippen LogP contribution < -0.4 is 4.74 Å². The van der Waals surface area contributed by atoms with Gasteiger partial charge in [0.2, 0.25) is 0 Å². The maximum absolute atomic E-state index is 12.6. The Hall–Kier alpha value is -2.75. The van der Waals surface area contributed by atoms with Crippen molar-refractivity contribution >= 4 is 27.5 Å². The number of phenolic OH excluding ortho intramolecular Hbond substituents is 2. The quantitative estimate of drug-likeness (QED) is 0.316. The molecule has 3 aromatic rings. The number of carbonyl (C=O) groups is 1. The van der Waals surface area contributed by atoms with E-state index in [4.69, 9.17) is 4.74 Å². The zero-order chi connectivity index (χ0) is 17.5. The average molecular weight is 324 g/mol. The second-order valence-electron chi connectivity index (χ2n) is 6.58. The SMILES string of the molecule is CCC(C)(C)C(=O)Oc1c2ccccc2cc2c(O)c(O)ccc12. The Labute approximate surface area is 140 Å². The third-order valence-electron chi connectivity index (χ3n) is 4.58. The van der Waals surface area contributed by atoms with Gasteiger partial charge in [-0.1, -0.05) is 31.2 Å². The van der Waals surface area contributed by atoms with Gasteiger partial charge in [0.05, 0.1) is 5.41 Å². The Balaban J connectivity index is 2.30. The van der Waals surface area contributed by atoms with E-state index in [9.17, 15) is 15.0 Å². The standard InChI is InChI=1S/C20H20O4/c1-4-20(2,3)19(23)24-18-13-8-6-5-7-12(13)11-15-14(18)9-10-16(21)17(15)22/h5-11,21-22H,4H2,1-3H3. The third-order valence-corrected chi connectivity index (χ3v) is 4.58. The van der Waals surface area contributed by atoms with Gasteiger partial charge >= 0.3 is 5.97 Å². The number of esters is 1. The lowest BCUT2D eigenvalue weighted by Gasteiger charge is -2.21. The molecule has 24 heavy (non-hydrogen) atoms. The molecule has 0 fully saturated rings. The average Bonchev–Trinajstić information content (AvgIpc) is 2.58. The van der Waals surface area contributed by atoms with Crippen molar-refractivity contribution in [2.45, 2.75) is 27.2 Å². The van der Waals surface area contributed by atoms with E-state index in [-0.39, 0.29) is 17.5 Å². The molecule has 0 atom stereocenters. The number of hydrogen-bond acceptors (Lipinski definition) is 4. The molecule has 0 spiro atoms. The number of carbonyl (C=O) groups excluding carboxylic acids is 1. The largest absolute Gasteiger partial charge is 0.504 e. The molecule has 124 valence electrons. The van der Waals surface area contributed by atoms with Gasteiger partial charge in [-0.15, -0.1) is 0 Å². The summed E-state index contributed by atoms with van der Waals surface area (Å²) in [6, 6.07) is 12.3. The molecule has 0 aliphatic rings. The number of phenols is 2. The van der Waals surface area contributed by atoms with E-state index in [1.165, 1.54) is 6.07 Å². The summed E-state index contributed by atoms with van der Waals surface area (Å²) >= 11 is 0. The van der Waals surface area contributed by atoms with E-state index < -0.39 is 5.41 Å². The van der Waals surface area contributed by atoms with Gasteiger partial charge in [-0.05, 0) is 43.9 Å². The van der Waals surface area contributed by atoms with E-state index in [0.717, 1.165) is 10.8 Å². The first-order chi connectivity index (χ1) is 11.3. The van der Waals surface area contributed by atoms with Crippen LogP contribution in [0.5, 0.6) is 17.2 Å². The molecule has 0 amide bonds.